The van der Waals surface area contributed by atoms with Crippen LogP contribution in [0.1, 0.15) is 65.2 Å². The fourth-order valence-corrected chi connectivity index (χ4v) is 2.17. The fourth-order valence-electron chi connectivity index (χ4n) is 1.66. The molecule has 0 aliphatic carbocycles. The third-order valence-corrected chi connectivity index (χ3v) is 3.29. The molecule has 0 heterocycles. The average molecular weight is 263 g/mol. The molecule has 94 valence electrons. The van der Waals surface area contributed by atoms with Crippen molar-refractivity contribution in [3.63, 3.8) is 0 Å². The van der Waals surface area contributed by atoms with Crippen LogP contribution in [-0.4, -0.2) is 15.0 Å². The van der Waals surface area contributed by atoms with Crippen molar-refractivity contribution in [2.45, 2.75) is 65.2 Å². The number of hydrogen-bond donors (Lipinski definition) is 0. The first-order valence-electron chi connectivity index (χ1n) is 6.28. The topological polar surface area (TPSA) is 26.3 Å². The maximum absolute atomic E-state index is 11.2. The van der Waals surface area contributed by atoms with Gasteiger partial charge in [0.05, 0.1) is 5.92 Å². The van der Waals surface area contributed by atoms with Gasteiger partial charge in [-0.1, -0.05) is 58.8 Å². The summed E-state index contributed by atoms with van der Waals surface area (Å²) < 4.78 is 4.77. The van der Waals surface area contributed by atoms with E-state index in [2.05, 4.69) is 6.92 Å². The van der Waals surface area contributed by atoms with Gasteiger partial charge < -0.3 is 4.43 Å². The van der Waals surface area contributed by atoms with E-state index in [0.717, 1.165) is 12.8 Å². The van der Waals surface area contributed by atoms with Gasteiger partial charge in [-0.25, -0.2) is 0 Å². The van der Waals surface area contributed by atoms with E-state index in [0.29, 0.717) is 0 Å². The summed E-state index contributed by atoms with van der Waals surface area (Å²) in [6, 6.07) is 0. The highest BCUT2D eigenvalue weighted by atomic mass is 35.6. The second kappa shape index (κ2) is 11.5. The first-order valence-corrected chi connectivity index (χ1v) is 8.20. The minimum atomic E-state index is -0.241. The van der Waals surface area contributed by atoms with Gasteiger partial charge in [0.15, 0.2) is 0 Å². The predicted molar refractivity (Wildman–Crippen MR) is 69.5 cm³/mol. The van der Waals surface area contributed by atoms with Crippen LogP contribution in [0.15, 0.2) is 0 Å². The third-order valence-electron chi connectivity index (χ3n) is 2.78. The van der Waals surface area contributed by atoms with Gasteiger partial charge in [-0.3, -0.25) is 4.79 Å². The van der Waals surface area contributed by atoms with E-state index in [1.54, 1.807) is 0 Å². The number of unbranched alkanes of at least 4 members (excludes halogenated alkanes) is 6. The minimum absolute atomic E-state index is 0.00175. The molecule has 0 aromatic rings. The van der Waals surface area contributed by atoms with E-state index >= 15 is 0 Å². The zero-order valence-electron chi connectivity index (χ0n) is 10.4. The molecule has 0 rings (SSSR count). The normalized spacial score (nSPS) is 12.4. The SMILES string of the molecule is CCCCCCCCCC(C)C(=O)O[Si]Cl. The lowest BCUT2D eigenvalue weighted by molar-refractivity contribution is -0.138. The van der Waals surface area contributed by atoms with Crippen molar-refractivity contribution in [3.8, 4) is 0 Å². The summed E-state index contributed by atoms with van der Waals surface area (Å²) in [6.07, 6.45) is 9.88. The highest BCUT2D eigenvalue weighted by Gasteiger charge is 2.13. The monoisotopic (exact) mass is 262 g/mol. The number of carbonyl (C=O) groups is 1. The average Bonchev–Trinajstić information content (AvgIpc) is 2.28. The molecule has 0 bridgehead atoms. The first kappa shape index (κ1) is 16.0. The Bertz CT molecular complexity index is 176. The molecule has 0 N–H and O–H groups in total. The molecule has 0 aromatic heterocycles. The van der Waals surface area contributed by atoms with Crippen LogP contribution in [0.3, 0.4) is 0 Å². The van der Waals surface area contributed by atoms with Crippen LogP contribution in [0.5, 0.6) is 0 Å². The van der Waals surface area contributed by atoms with Crippen LogP contribution in [0.4, 0.5) is 0 Å². The fraction of sp³-hybridized carbons (Fsp3) is 0.917. The van der Waals surface area contributed by atoms with Crippen LogP contribution in [0.2, 0.25) is 0 Å². The number of halogens is 1. The Kier molecular flexibility index (Phi) is 11.4. The Hall–Kier alpha value is -0.0231. The Balaban J connectivity index is 3.27. The molecule has 0 fully saturated rings. The van der Waals surface area contributed by atoms with Gasteiger partial charge in [0, 0.05) is 0 Å². The maximum Gasteiger partial charge on any atom is 0.442 e. The smallest absolute Gasteiger partial charge is 0.442 e. The first-order chi connectivity index (χ1) is 7.72. The van der Waals surface area contributed by atoms with Crippen molar-refractivity contribution in [1.29, 1.82) is 0 Å². The summed E-state index contributed by atoms with van der Waals surface area (Å²) in [5.41, 5.74) is 0. The van der Waals surface area contributed by atoms with Gasteiger partial charge in [0.2, 0.25) is 0 Å². The van der Waals surface area contributed by atoms with Gasteiger partial charge in [-0.2, -0.15) is 0 Å². The van der Waals surface area contributed by atoms with Crippen molar-refractivity contribution < 1.29 is 9.22 Å². The summed E-state index contributed by atoms with van der Waals surface area (Å²) in [5.74, 6) is -0.152. The van der Waals surface area contributed by atoms with E-state index in [1.165, 1.54) is 38.5 Å². The Labute approximate surface area is 107 Å². The summed E-state index contributed by atoms with van der Waals surface area (Å²) in [4.78, 5) is 11.2. The van der Waals surface area contributed by atoms with Crippen LogP contribution in [-0.2, 0) is 9.22 Å². The molecule has 2 radical (unpaired) electrons. The van der Waals surface area contributed by atoms with Crippen LogP contribution >= 0.6 is 11.1 Å². The molecule has 0 aromatic carbocycles. The van der Waals surface area contributed by atoms with Crippen molar-refractivity contribution in [1.82, 2.24) is 0 Å². The molecule has 1 unspecified atom stereocenters. The Morgan fingerprint density at radius 1 is 1.19 bits per heavy atom. The van der Waals surface area contributed by atoms with E-state index < -0.39 is 0 Å². The highest BCUT2D eigenvalue weighted by Crippen LogP contribution is 2.13. The summed E-state index contributed by atoms with van der Waals surface area (Å²) >= 11 is 5.36. The van der Waals surface area contributed by atoms with Gasteiger partial charge >= 0.3 is 9.07 Å². The van der Waals surface area contributed by atoms with Gasteiger partial charge in [-0.15, -0.1) is 11.1 Å². The van der Waals surface area contributed by atoms with Crippen LogP contribution < -0.4 is 0 Å². The van der Waals surface area contributed by atoms with Crippen LogP contribution in [0.25, 0.3) is 0 Å². The summed E-state index contributed by atoms with van der Waals surface area (Å²) in [5, 5.41) is 0. The number of rotatable bonds is 10. The quantitative estimate of drug-likeness (QED) is 0.337. The largest absolute Gasteiger partial charge is 0.500 e. The van der Waals surface area contributed by atoms with E-state index in [-0.39, 0.29) is 21.0 Å². The zero-order valence-corrected chi connectivity index (χ0v) is 12.2. The third kappa shape index (κ3) is 9.22. The molecule has 0 aliphatic heterocycles. The number of hydrogen-bond acceptors (Lipinski definition) is 2. The predicted octanol–water partition coefficient (Wildman–Crippen LogP) is 4.08. The van der Waals surface area contributed by atoms with E-state index in [9.17, 15) is 4.79 Å². The molecular formula is C12H23ClO2Si. The minimum Gasteiger partial charge on any atom is -0.500 e. The molecule has 0 spiro atoms. The molecule has 0 aliphatic rings. The van der Waals surface area contributed by atoms with E-state index in [4.69, 9.17) is 15.5 Å². The van der Waals surface area contributed by atoms with Crippen molar-refractivity contribution in [2.24, 2.45) is 5.92 Å². The lowest BCUT2D eigenvalue weighted by Crippen LogP contribution is -2.15. The molecular weight excluding hydrogens is 240 g/mol. The second-order valence-electron chi connectivity index (χ2n) is 4.31. The molecule has 16 heavy (non-hydrogen) atoms. The highest BCUT2D eigenvalue weighted by molar-refractivity contribution is 6.90. The van der Waals surface area contributed by atoms with Gasteiger partial charge in [0.25, 0.3) is 5.97 Å². The summed E-state index contributed by atoms with van der Waals surface area (Å²) in [6.45, 7) is 4.14. The Morgan fingerprint density at radius 3 is 2.31 bits per heavy atom. The lowest BCUT2D eigenvalue weighted by atomic mass is 10.0. The zero-order chi connectivity index (χ0) is 12.2. The Morgan fingerprint density at radius 2 is 1.75 bits per heavy atom. The molecule has 0 saturated carbocycles. The van der Waals surface area contributed by atoms with Crippen LogP contribution in [0, 0.1) is 5.92 Å². The van der Waals surface area contributed by atoms with Crippen molar-refractivity contribution in [3.05, 3.63) is 0 Å². The molecule has 0 amide bonds. The summed E-state index contributed by atoms with van der Waals surface area (Å²) in [7, 11) is -0.241. The van der Waals surface area contributed by atoms with Gasteiger partial charge in [-0.05, 0) is 6.42 Å². The molecule has 0 saturated heterocycles. The van der Waals surface area contributed by atoms with Crippen molar-refractivity contribution >= 4 is 26.1 Å². The lowest BCUT2D eigenvalue weighted by Gasteiger charge is -2.09. The molecule has 1 atom stereocenters. The molecule has 4 heteroatoms. The van der Waals surface area contributed by atoms with Crippen molar-refractivity contribution in [2.75, 3.05) is 0 Å². The second-order valence-corrected chi connectivity index (χ2v) is 5.13. The van der Waals surface area contributed by atoms with E-state index in [1.807, 2.05) is 6.92 Å². The molecule has 2 nitrogen and oxygen atoms in total. The standard InChI is InChI=1S/C12H23ClO2Si/c1-3-4-5-6-7-8-9-10-11(2)12(14)15-16-13/h11H,3-10H2,1-2H3. The van der Waals surface area contributed by atoms with Gasteiger partial charge in [0.1, 0.15) is 0 Å². The number of carbonyl (C=O) groups excluding carboxylic acids is 1. The maximum atomic E-state index is 11.2.